The van der Waals surface area contributed by atoms with Gasteiger partial charge in [0.25, 0.3) is 11.2 Å². The van der Waals surface area contributed by atoms with E-state index in [0.29, 0.717) is 12.1 Å². The molecule has 1 fully saturated rings. The van der Waals surface area contributed by atoms with Crippen molar-refractivity contribution in [1.82, 2.24) is 0 Å². The Labute approximate surface area is 152 Å². The summed E-state index contributed by atoms with van der Waals surface area (Å²) in [5.41, 5.74) is -15.3. The lowest BCUT2D eigenvalue weighted by molar-refractivity contribution is -0.464. The molecule has 0 aliphatic carbocycles. The molecule has 1 aromatic rings. The highest BCUT2D eigenvalue weighted by Crippen LogP contribution is 2.66. The van der Waals surface area contributed by atoms with Gasteiger partial charge in [0.15, 0.2) is 0 Å². The van der Waals surface area contributed by atoms with Gasteiger partial charge in [0.2, 0.25) is 0 Å². The van der Waals surface area contributed by atoms with Crippen molar-refractivity contribution in [2.24, 2.45) is 0 Å². The third kappa shape index (κ3) is 3.23. The number of halogens is 13. The molecule has 0 radical (unpaired) electrons. The molecule has 164 valence electrons. The van der Waals surface area contributed by atoms with Crippen LogP contribution in [0.3, 0.4) is 0 Å². The lowest BCUT2D eigenvalue weighted by Gasteiger charge is -2.46. The first-order valence-electron chi connectivity index (χ1n) is 7.11. The normalized spacial score (nSPS) is 20.3. The van der Waals surface area contributed by atoms with Gasteiger partial charge in [-0.1, -0.05) is 6.07 Å². The molecule has 0 aromatic heterocycles. The molecule has 0 spiro atoms. The minimum atomic E-state index is -7.30. The van der Waals surface area contributed by atoms with Crippen molar-refractivity contribution < 1.29 is 66.4 Å². The Balaban J connectivity index is 2.93. The summed E-state index contributed by atoms with van der Waals surface area (Å²) in [6.07, 6.45) is -29.2. The van der Waals surface area contributed by atoms with Crippen molar-refractivity contribution in [3.8, 4) is 0 Å². The Hall–Kier alpha value is -1.71. The van der Waals surface area contributed by atoms with Crippen LogP contribution in [0.2, 0.25) is 0 Å². The zero-order valence-corrected chi connectivity index (χ0v) is 13.5. The number of hydrogen-bond acceptors (Lipinski definition) is 2. The van der Waals surface area contributed by atoms with Crippen LogP contribution in [0.5, 0.6) is 0 Å². The number of alkyl halides is 12. The van der Waals surface area contributed by atoms with Crippen LogP contribution < -0.4 is 5.46 Å². The minimum absolute atomic E-state index is 0.0814. The van der Waals surface area contributed by atoms with Crippen LogP contribution in [0.15, 0.2) is 18.2 Å². The van der Waals surface area contributed by atoms with Crippen LogP contribution in [0, 0.1) is 12.7 Å². The first-order valence-corrected chi connectivity index (χ1v) is 7.11. The number of hydrogen-bond donors (Lipinski definition) is 0. The third-order valence-electron chi connectivity index (χ3n) is 4.00. The number of aryl methyl sites for hydroxylation is 1. The van der Waals surface area contributed by atoms with E-state index >= 15 is 0 Å². The molecular weight excluding hydrogens is 446 g/mol. The van der Waals surface area contributed by atoms with E-state index in [0.717, 1.165) is 6.92 Å². The highest BCUT2D eigenvalue weighted by molar-refractivity contribution is 6.62. The molecular formula is C13H6BF13O2. The van der Waals surface area contributed by atoms with Crippen LogP contribution in [0.4, 0.5) is 57.1 Å². The second kappa shape index (κ2) is 6.39. The van der Waals surface area contributed by atoms with Crippen LogP contribution in [0.25, 0.3) is 0 Å². The number of rotatable bonds is 1. The molecule has 1 aromatic carbocycles. The van der Waals surface area contributed by atoms with E-state index < -0.39 is 54.3 Å². The van der Waals surface area contributed by atoms with Gasteiger partial charge >= 0.3 is 31.8 Å². The highest BCUT2D eigenvalue weighted by atomic mass is 19.4. The van der Waals surface area contributed by atoms with E-state index in [9.17, 15) is 57.1 Å². The standard InChI is InChI=1S/C13H6BF13O2/c1-5-2-6(4-7(15)3-5)14-28-8(10(16,17)18,11(19,20)21)9(29-14,12(22,23)24)13(25,26)27/h2-4H,1H3. The maximum atomic E-state index is 13.4. The van der Waals surface area contributed by atoms with Crippen molar-refractivity contribution >= 4 is 12.6 Å². The molecule has 2 nitrogen and oxygen atoms in total. The smallest absolute Gasteiger partial charge is 0.383 e. The van der Waals surface area contributed by atoms with E-state index in [1.807, 2.05) is 0 Å². The molecule has 1 aliphatic rings. The fourth-order valence-corrected chi connectivity index (χ4v) is 2.93. The molecule has 0 N–H and O–H groups in total. The van der Waals surface area contributed by atoms with E-state index in [-0.39, 0.29) is 11.6 Å². The molecule has 0 amide bonds. The van der Waals surface area contributed by atoms with Crippen LogP contribution in [-0.4, -0.2) is 43.0 Å². The predicted octanol–water partition coefficient (Wildman–Crippen LogP) is 4.60. The van der Waals surface area contributed by atoms with E-state index in [1.54, 1.807) is 0 Å². The average Bonchev–Trinajstić information content (AvgIpc) is 2.83. The zero-order chi connectivity index (χ0) is 22.8. The van der Waals surface area contributed by atoms with Gasteiger partial charge in [0.1, 0.15) is 5.82 Å². The summed E-state index contributed by atoms with van der Waals surface area (Å²) in [6, 6.07) is 1.24. The summed E-state index contributed by atoms with van der Waals surface area (Å²) in [7, 11) is -3.50. The Bertz CT molecular complexity index is 689. The zero-order valence-electron chi connectivity index (χ0n) is 13.5. The highest BCUT2D eigenvalue weighted by Gasteiger charge is 2.98. The van der Waals surface area contributed by atoms with Crippen molar-refractivity contribution in [1.29, 1.82) is 0 Å². The molecule has 1 saturated heterocycles. The summed E-state index contributed by atoms with van der Waals surface area (Å²) in [5.74, 6) is -1.38. The molecule has 0 atom stereocenters. The summed E-state index contributed by atoms with van der Waals surface area (Å²) < 4.78 is 180. The van der Waals surface area contributed by atoms with Gasteiger partial charge in [-0.15, -0.1) is 0 Å². The topological polar surface area (TPSA) is 18.5 Å². The maximum Gasteiger partial charge on any atom is 0.495 e. The summed E-state index contributed by atoms with van der Waals surface area (Å²) >= 11 is 0. The van der Waals surface area contributed by atoms with Crippen molar-refractivity contribution in [3.05, 3.63) is 29.6 Å². The minimum Gasteiger partial charge on any atom is -0.383 e. The fraction of sp³-hybridized carbons (Fsp3) is 0.538. The lowest BCUT2D eigenvalue weighted by Crippen LogP contribution is -2.79. The van der Waals surface area contributed by atoms with Crippen LogP contribution in [-0.2, 0) is 9.31 Å². The summed E-state index contributed by atoms with van der Waals surface area (Å²) in [6.45, 7) is 1.02. The average molecular weight is 452 g/mol. The SMILES string of the molecule is Cc1cc(F)cc(B2OC(C(F)(F)F)(C(F)(F)F)C(C(F)(F)F)(C(F)(F)F)O2)c1. The molecule has 1 aliphatic heterocycles. The van der Waals surface area contributed by atoms with Gasteiger partial charge in [-0.2, -0.15) is 52.7 Å². The van der Waals surface area contributed by atoms with Gasteiger partial charge in [0.05, 0.1) is 0 Å². The van der Waals surface area contributed by atoms with Crippen molar-refractivity contribution in [3.63, 3.8) is 0 Å². The molecule has 0 unspecified atom stereocenters. The van der Waals surface area contributed by atoms with Crippen LogP contribution in [0.1, 0.15) is 5.56 Å². The Kier molecular flexibility index (Phi) is 5.20. The van der Waals surface area contributed by atoms with Crippen molar-refractivity contribution in [2.45, 2.75) is 42.8 Å². The molecule has 29 heavy (non-hydrogen) atoms. The van der Waals surface area contributed by atoms with Gasteiger partial charge in [-0.05, 0) is 30.1 Å². The number of benzene rings is 1. The largest absolute Gasteiger partial charge is 0.495 e. The second-order valence-corrected chi connectivity index (χ2v) is 5.98. The van der Waals surface area contributed by atoms with Crippen molar-refractivity contribution in [2.75, 3.05) is 0 Å². The first-order chi connectivity index (χ1) is 12.7. The summed E-state index contributed by atoms with van der Waals surface area (Å²) in [5, 5.41) is 0. The van der Waals surface area contributed by atoms with E-state index in [2.05, 4.69) is 9.31 Å². The van der Waals surface area contributed by atoms with Gasteiger partial charge in [-0.3, -0.25) is 0 Å². The van der Waals surface area contributed by atoms with Crippen LogP contribution >= 0.6 is 0 Å². The molecule has 0 bridgehead atoms. The Morgan fingerprint density at radius 2 is 1.00 bits per heavy atom. The maximum absolute atomic E-state index is 13.4. The third-order valence-corrected chi connectivity index (χ3v) is 4.00. The molecule has 16 heteroatoms. The van der Waals surface area contributed by atoms with Gasteiger partial charge in [0, 0.05) is 0 Å². The lowest BCUT2D eigenvalue weighted by atomic mass is 9.78. The second-order valence-electron chi connectivity index (χ2n) is 5.98. The quantitative estimate of drug-likeness (QED) is 0.459. The molecule has 2 rings (SSSR count). The van der Waals surface area contributed by atoms with E-state index in [4.69, 9.17) is 0 Å². The first kappa shape index (κ1) is 23.6. The molecule has 0 saturated carbocycles. The Morgan fingerprint density at radius 1 is 0.655 bits per heavy atom. The van der Waals surface area contributed by atoms with Gasteiger partial charge < -0.3 is 9.31 Å². The summed E-state index contributed by atoms with van der Waals surface area (Å²) in [4.78, 5) is 0. The molecule has 1 heterocycles. The monoisotopic (exact) mass is 452 g/mol. The Morgan fingerprint density at radius 3 is 1.28 bits per heavy atom. The fourth-order valence-electron chi connectivity index (χ4n) is 2.93. The van der Waals surface area contributed by atoms with E-state index in [1.165, 1.54) is 0 Å². The predicted molar refractivity (Wildman–Crippen MR) is 68.4 cm³/mol. The van der Waals surface area contributed by atoms with Gasteiger partial charge in [-0.25, -0.2) is 4.39 Å².